The lowest BCUT2D eigenvalue weighted by atomic mass is 10.1. The first-order chi connectivity index (χ1) is 12.2. The third-order valence-corrected chi connectivity index (χ3v) is 4.68. The Bertz CT molecular complexity index is 584. The van der Waals surface area contributed by atoms with Crippen molar-refractivity contribution >= 4 is 29.9 Å². The van der Waals surface area contributed by atoms with E-state index in [4.69, 9.17) is 14.5 Å². The van der Waals surface area contributed by atoms with Crippen molar-refractivity contribution in [1.82, 2.24) is 10.6 Å². The Labute approximate surface area is 174 Å². The zero-order valence-electron chi connectivity index (χ0n) is 15.9. The number of hydrogen-bond acceptors (Lipinski definition) is 3. The van der Waals surface area contributed by atoms with Crippen molar-refractivity contribution in [3.05, 3.63) is 29.3 Å². The number of ether oxygens (including phenoxy) is 2. The lowest BCUT2D eigenvalue weighted by Crippen LogP contribution is -2.38. The van der Waals surface area contributed by atoms with Gasteiger partial charge in [-0.2, -0.15) is 0 Å². The highest BCUT2D eigenvalue weighted by Crippen LogP contribution is 2.27. The van der Waals surface area contributed by atoms with Crippen LogP contribution in [0.25, 0.3) is 0 Å². The van der Waals surface area contributed by atoms with E-state index in [1.165, 1.54) is 18.4 Å². The molecule has 1 aliphatic heterocycles. The number of benzene rings is 1. The lowest BCUT2D eigenvalue weighted by Gasteiger charge is -2.15. The minimum absolute atomic E-state index is 0. The second-order valence-corrected chi connectivity index (χ2v) is 7.08. The number of halogens is 1. The van der Waals surface area contributed by atoms with Crippen LogP contribution in [-0.4, -0.2) is 38.4 Å². The third-order valence-electron chi connectivity index (χ3n) is 4.68. The molecule has 1 unspecified atom stereocenters. The molecule has 1 aromatic rings. The molecule has 26 heavy (non-hydrogen) atoms. The fraction of sp³-hybridized carbons (Fsp3) is 0.650. The first-order valence-corrected chi connectivity index (χ1v) is 9.60. The molecule has 2 N–H and O–H groups in total. The van der Waals surface area contributed by atoms with Gasteiger partial charge in [-0.15, -0.1) is 24.0 Å². The van der Waals surface area contributed by atoms with Crippen LogP contribution in [0.1, 0.15) is 43.7 Å². The fourth-order valence-electron chi connectivity index (χ4n) is 2.95. The summed E-state index contributed by atoms with van der Waals surface area (Å²) < 4.78 is 11.7. The van der Waals surface area contributed by atoms with Crippen LogP contribution in [0, 0.1) is 12.8 Å². The summed E-state index contributed by atoms with van der Waals surface area (Å²) in [5, 5.41) is 6.76. The van der Waals surface area contributed by atoms with Crippen molar-refractivity contribution in [1.29, 1.82) is 0 Å². The molecule has 146 valence electrons. The molecule has 0 spiro atoms. The molecule has 6 heteroatoms. The molecule has 0 amide bonds. The summed E-state index contributed by atoms with van der Waals surface area (Å²) in [7, 11) is 0. The molecule has 1 heterocycles. The minimum Gasteiger partial charge on any atom is -0.491 e. The van der Waals surface area contributed by atoms with Crippen LogP contribution in [0.15, 0.2) is 23.2 Å². The predicted molar refractivity (Wildman–Crippen MR) is 117 cm³/mol. The molecule has 1 saturated carbocycles. The van der Waals surface area contributed by atoms with E-state index in [0.29, 0.717) is 13.2 Å². The summed E-state index contributed by atoms with van der Waals surface area (Å²) in [5.41, 5.74) is 2.32. The van der Waals surface area contributed by atoms with Crippen molar-refractivity contribution in [3.8, 4) is 5.75 Å². The molecule has 5 nitrogen and oxygen atoms in total. The number of nitrogens with one attached hydrogen (secondary N) is 2. The largest absolute Gasteiger partial charge is 0.491 e. The smallest absolute Gasteiger partial charge is 0.191 e. The Morgan fingerprint density at radius 1 is 1.27 bits per heavy atom. The monoisotopic (exact) mass is 473 g/mol. The average Bonchev–Trinajstić information content (AvgIpc) is 3.29. The first-order valence-electron chi connectivity index (χ1n) is 9.60. The van der Waals surface area contributed by atoms with Gasteiger partial charge in [-0.25, -0.2) is 4.99 Å². The van der Waals surface area contributed by atoms with E-state index in [9.17, 15) is 0 Å². The van der Waals surface area contributed by atoms with Crippen LogP contribution in [0.2, 0.25) is 0 Å². The number of nitrogens with zero attached hydrogens (tertiary/aromatic N) is 1. The van der Waals surface area contributed by atoms with E-state index in [1.807, 2.05) is 0 Å². The van der Waals surface area contributed by atoms with Crippen molar-refractivity contribution < 1.29 is 9.47 Å². The maximum atomic E-state index is 6.07. The highest BCUT2D eigenvalue weighted by molar-refractivity contribution is 14.0. The summed E-state index contributed by atoms with van der Waals surface area (Å²) in [6.45, 7) is 8.16. The Morgan fingerprint density at radius 2 is 2.12 bits per heavy atom. The topological polar surface area (TPSA) is 54.9 Å². The molecule has 0 radical (unpaired) electrons. The van der Waals surface area contributed by atoms with Gasteiger partial charge in [-0.1, -0.05) is 12.1 Å². The Hall–Kier alpha value is -1.02. The molecular weight excluding hydrogens is 441 g/mol. The van der Waals surface area contributed by atoms with Gasteiger partial charge in [0, 0.05) is 25.3 Å². The van der Waals surface area contributed by atoms with Gasteiger partial charge in [0.15, 0.2) is 5.96 Å². The number of guanidine groups is 1. The van der Waals surface area contributed by atoms with Crippen LogP contribution in [0.3, 0.4) is 0 Å². The quantitative estimate of drug-likeness (QED) is 0.344. The van der Waals surface area contributed by atoms with Gasteiger partial charge in [0.1, 0.15) is 12.4 Å². The molecule has 2 aliphatic rings. The molecule has 3 rings (SSSR count). The van der Waals surface area contributed by atoms with Crippen molar-refractivity contribution in [2.24, 2.45) is 10.9 Å². The maximum absolute atomic E-state index is 6.07. The highest BCUT2D eigenvalue weighted by Gasteiger charge is 2.21. The summed E-state index contributed by atoms with van der Waals surface area (Å²) in [5.74, 6) is 2.64. The minimum atomic E-state index is 0. The predicted octanol–water partition coefficient (Wildman–Crippen LogP) is 3.64. The third kappa shape index (κ3) is 6.95. The van der Waals surface area contributed by atoms with Gasteiger partial charge in [0.2, 0.25) is 0 Å². The van der Waals surface area contributed by atoms with E-state index in [-0.39, 0.29) is 30.1 Å². The zero-order chi connectivity index (χ0) is 17.5. The standard InChI is InChI=1S/C20H31N3O2.HI/c1-3-21-20(22-12-16-7-8-16)23-13-17-9-6-15(2)11-19(17)25-14-18-5-4-10-24-18;/h6,9,11,16,18H,3-5,7-8,10,12-14H2,1-2H3,(H2,21,22,23);1H. The Morgan fingerprint density at radius 3 is 2.81 bits per heavy atom. The molecule has 1 atom stereocenters. The van der Waals surface area contributed by atoms with Gasteiger partial charge < -0.3 is 20.1 Å². The molecule has 1 saturated heterocycles. The van der Waals surface area contributed by atoms with Crippen LogP contribution in [-0.2, 0) is 11.3 Å². The zero-order valence-corrected chi connectivity index (χ0v) is 18.3. The average molecular weight is 473 g/mol. The van der Waals surface area contributed by atoms with Crippen LogP contribution in [0.4, 0.5) is 0 Å². The summed E-state index contributed by atoms with van der Waals surface area (Å²) >= 11 is 0. The summed E-state index contributed by atoms with van der Waals surface area (Å²) in [4.78, 5) is 4.74. The van der Waals surface area contributed by atoms with Crippen molar-refractivity contribution in [3.63, 3.8) is 0 Å². The second kappa shape index (κ2) is 11.0. The summed E-state index contributed by atoms with van der Waals surface area (Å²) in [6, 6.07) is 6.34. The van der Waals surface area contributed by atoms with E-state index < -0.39 is 0 Å². The normalized spacial score (nSPS) is 19.8. The Balaban J connectivity index is 0.00000243. The van der Waals surface area contributed by atoms with E-state index in [2.05, 4.69) is 42.7 Å². The summed E-state index contributed by atoms with van der Waals surface area (Å²) in [6.07, 6.45) is 5.14. The number of rotatable bonds is 8. The van der Waals surface area contributed by atoms with Gasteiger partial charge in [-0.3, -0.25) is 0 Å². The molecule has 0 bridgehead atoms. The molecule has 1 aromatic carbocycles. The number of hydrogen-bond donors (Lipinski definition) is 2. The maximum Gasteiger partial charge on any atom is 0.191 e. The van der Waals surface area contributed by atoms with Crippen molar-refractivity contribution in [2.75, 3.05) is 26.3 Å². The molecule has 0 aromatic heterocycles. The van der Waals surface area contributed by atoms with Gasteiger partial charge in [0.25, 0.3) is 0 Å². The van der Waals surface area contributed by atoms with Crippen LogP contribution >= 0.6 is 24.0 Å². The Kier molecular flexibility index (Phi) is 8.98. The van der Waals surface area contributed by atoms with Crippen LogP contribution in [0.5, 0.6) is 5.75 Å². The highest BCUT2D eigenvalue weighted by atomic mass is 127. The number of aryl methyl sites for hydroxylation is 1. The van der Waals surface area contributed by atoms with Gasteiger partial charge in [-0.05, 0) is 57.1 Å². The second-order valence-electron chi connectivity index (χ2n) is 7.08. The van der Waals surface area contributed by atoms with Crippen LogP contribution < -0.4 is 15.4 Å². The van der Waals surface area contributed by atoms with E-state index in [1.54, 1.807) is 0 Å². The van der Waals surface area contributed by atoms with Crippen molar-refractivity contribution in [2.45, 2.75) is 52.2 Å². The molecule has 1 aliphatic carbocycles. The van der Waals surface area contributed by atoms with Gasteiger partial charge in [0.05, 0.1) is 12.6 Å². The number of aliphatic imine (C=N–C) groups is 1. The fourth-order valence-corrected chi connectivity index (χ4v) is 2.95. The SMILES string of the molecule is CCNC(=NCc1ccc(C)cc1OCC1CCCO1)NCC1CC1.I. The molecule has 2 fully saturated rings. The van der Waals surface area contributed by atoms with Gasteiger partial charge >= 0.3 is 0 Å². The van der Waals surface area contributed by atoms with E-state index in [0.717, 1.165) is 55.7 Å². The molecular formula is C20H32IN3O2. The first kappa shape index (κ1) is 21.3. The van der Waals surface area contributed by atoms with E-state index >= 15 is 0 Å². The lowest BCUT2D eigenvalue weighted by molar-refractivity contribution is 0.0676.